The molecule has 72 heavy (non-hydrogen) atoms. The molecule has 15 nitrogen and oxygen atoms in total. The fraction of sp³-hybridized carbons (Fsp3) is 0.648. The average Bonchev–Trinajstić information content (AvgIpc) is 4.04. The van der Waals surface area contributed by atoms with Gasteiger partial charge in [0.2, 0.25) is 23.6 Å². The van der Waals surface area contributed by atoms with Crippen molar-refractivity contribution in [2.24, 2.45) is 28.8 Å². The average molecular weight is 1000 g/mol. The van der Waals surface area contributed by atoms with Gasteiger partial charge in [0.05, 0.1) is 12.1 Å². The number of nitrogens with zero attached hydrogens (tertiary/aromatic N) is 7. The van der Waals surface area contributed by atoms with E-state index in [0.717, 1.165) is 89.7 Å². The van der Waals surface area contributed by atoms with Gasteiger partial charge in [-0.15, -0.1) is 0 Å². The van der Waals surface area contributed by atoms with Crippen molar-refractivity contribution < 1.29 is 41.9 Å². The summed E-state index contributed by atoms with van der Waals surface area (Å²) in [7, 11) is 0. The third-order valence-electron chi connectivity index (χ3n) is 16.0. The Morgan fingerprint density at radius 1 is 0.750 bits per heavy atom. The summed E-state index contributed by atoms with van der Waals surface area (Å²) in [6, 6.07) is 11.2. The van der Waals surface area contributed by atoms with Gasteiger partial charge in [-0.3, -0.25) is 38.6 Å². The summed E-state index contributed by atoms with van der Waals surface area (Å²) in [6.07, 6.45) is 8.31. The Hall–Kier alpha value is -5.36. The maximum Gasteiger partial charge on any atom is 0.260 e. The zero-order valence-electron chi connectivity index (χ0n) is 42.4. The molecule has 0 aromatic heterocycles. The number of hydrogen-bond donors (Lipinski definition) is 2. The summed E-state index contributed by atoms with van der Waals surface area (Å²) in [6.45, 7) is 13.0. The number of alkyl halides is 2. The second kappa shape index (κ2) is 23.7. The van der Waals surface area contributed by atoms with E-state index in [0.29, 0.717) is 94.5 Å². The monoisotopic (exact) mass is 1000 g/mol. The molecule has 4 aliphatic heterocycles. The third-order valence-corrected chi connectivity index (χ3v) is 16.0. The molecule has 2 aromatic rings. The number of halogens is 3. The van der Waals surface area contributed by atoms with Crippen molar-refractivity contribution in [3.05, 3.63) is 70.5 Å². The van der Waals surface area contributed by atoms with Gasteiger partial charge in [0.25, 0.3) is 17.7 Å². The molecular weight excluding hydrogens is 928 g/mol. The predicted octanol–water partition coefficient (Wildman–Crippen LogP) is 5.40. The highest BCUT2D eigenvalue weighted by molar-refractivity contribution is 5.98. The molecular formula is C54H74F3N9O6. The zero-order valence-corrected chi connectivity index (χ0v) is 42.4. The third kappa shape index (κ3) is 13.4. The Labute approximate surface area is 422 Å². The molecule has 2 aliphatic carbocycles. The van der Waals surface area contributed by atoms with E-state index in [4.69, 9.17) is 0 Å². The van der Waals surface area contributed by atoms with Crippen molar-refractivity contribution in [1.82, 2.24) is 40.1 Å². The van der Waals surface area contributed by atoms with Crippen molar-refractivity contribution >= 4 is 41.2 Å². The number of hydrogen-bond acceptors (Lipinski definition) is 9. The van der Waals surface area contributed by atoms with E-state index in [1.807, 2.05) is 36.9 Å². The fourth-order valence-corrected chi connectivity index (χ4v) is 11.4. The van der Waals surface area contributed by atoms with Crippen LogP contribution in [0.3, 0.4) is 0 Å². The molecule has 8 rings (SSSR count). The van der Waals surface area contributed by atoms with Crippen LogP contribution < -0.4 is 10.7 Å². The zero-order chi connectivity index (χ0) is 51.1. The van der Waals surface area contributed by atoms with Gasteiger partial charge >= 0.3 is 0 Å². The number of carbonyl (C=O) groups is 6. The van der Waals surface area contributed by atoms with E-state index < -0.39 is 35.5 Å². The van der Waals surface area contributed by atoms with Crippen LogP contribution in [0.4, 0.5) is 13.2 Å². The van der Waals surface area contributed by atoms with E-state index >= 15 is 4.39 Å². The van der Waals surface area contributed by atoms with Crippen molar-refractivity contribution in [3.63, 3.8) is 0 Å². The summed E-state index contributed by atoms with van der Waals surface area (Å²) in [5, 5.41) is 7.37. The number of carbonyl (C=O) groups excluding carboxylic acids is 6. The van der Waals surface area contributed by atoms with Crippen molar-refractivity contribution in [2.75, 3.05) is 91.6 Å². The highest BCUT2D eigenvalue weighted by atomic mass is 19.3. The fourth-order valence-electron chi connectivity index (χ4n) is 11.4. The van der Waals surface area contributed by atoms with Gasteiger partial charge in [-0.05, 0) is 105 Å². The summed E-state index contributed by atoms with van der Waals surface area (Å²) in [4.78, 5) is 91.0. The SMILES string of the molecule is CC(=O)N/N=C(/Cc1ccc(F)c(C(=O)N2CCN(C(=O)CN3CCC(CN4CCN(C(=O)C(NC(=O)c5cccc(C6CCCN(C(=O)C7CC7(F)F)C6)c5)C5CCCCC5)CC4)CC3)CC2)c1)C(C)C. The van der Waals surface area contributed by atoms with E-state index in [1.165, 1.54) is 13.0 Å². The van der Waals surface area contributed by atoms with Gasteiger partial charge in [-0.2, -0.15) is 5.10 Å². The van der Waals surface area contributed by atoms with Gasteiger partial charge in [-0.1, -0.05) is 51.3 Å². The summed E-state index contributed by atoms with van der Waals surface area (Å²) < 4.78 is 42.4. The smallest absolute Gasteiger partial charge is 0.260 e. The second-order valence-electron chi connectivity index (χ2n) is 21.6. The van der Waals surface area contributed by atoms with Crippen LogP contribution in [0.2, 0.25) is 0 Å². The Kier molecular flexibility index (Phi) is 17.4. The topological polar surface area (TPSA) is 158 Å². The van der Waals surface area contributed by atoms with E-state index in [2.05, 4.69) is 25.6 Å². The highest BCUT2D eigenvalue weighted by Crippen LogP contribution is 2.50. The van der Waals surface area contributed by atoms with Gasteiger partial charge in [0.1, 0.15) is 17.8 Å². The lowest BCUT2D eigenvalue weighted by atomic mass is 9.83. The quantitative estimate of drug-likeness (QED) is 0.178. The molecule has 6 aliphatic rings. The predicted molar refractivity (Wildman–Crippen MR) is 267 cm³/mol. The number of benzene rings is 2. The molecule has 2 saturated carbocycles. The van der Waals surface area contributed by atoms with Crippen molar-refractivity contribution in [3.8, 4) is 0 Å². The first-order valence-electron chi connectivity index (χ1n) is 26.5. The van der Waals surface area contributed by atoms with Crippen LogP contribution in [0.15, 0.2) is 47.6 Å². The highest BCUT2D eigenvalue weighted by Gasteiger charge is 2.62. The van der Waals surface area contributed by atoms with Crippen LogP contribution in [-0.2, 0) is 25.6 Å². The molecule has 2 N–H and O–H groups in total. The normalized spacial score (nSPS) is 23.2. The number of rotatable bonds is 15. The van der Waals surface area contributed by atoms with Crippen molar-refractivity contribution in [2.45, 2.75) is 109 Å². The number of hydrazone groups is 1. The minimum Gasteiger partial charge on any atom is -0.342 e. The van der Waals surface area contributed by atoms with Crippen LogP contribution in [0.25, 0.3) is 0 Å². The van der Waals surface area contributed by atoms with Gasteiger partial charge < -0.3 is 24.9 Å². The Morgan fingerprint density at radius 3 is 2.10 bits per heavy atom. The molecule has 0 radical (unpaired) electrons. The van der Waals surface area contributed by atoms with Crippen LogP contribution in [0.5, 0.6) is 0 Å². The van der Waals surface area contributed by atoms with Crippen LogP contribution in [0.1, 0.15) is 123 Å². The Balaban J connectivity index is 0.763. The molecule has 3 unspecified atom stereocenters. The van der Waals surface area contributed by atoms with Crippen molar-refractivity contribution in [1.29, 1.82) is 0 Å². The number of piperazine rings is 2. The first-order valence-corrected chi connectivity index (χ1v) is 26.5. The molecule has 3 atom stereocenters. The van der Waals surface area contributed by atoms with Gasteiger partial charge in [-0.25, -0.2) is 18.6 Å². The van der Waals surface area contributed by atoms with E-state index in [1.54, 1.807) is 32.9 Å². The van der Waals surface area contributed by atoms with Crippen LogP contribution >= 0.6 is 0 Å². The minimum atomic E-state index is -2.91. The van der Waals surface area contributed by atoms with Crippen LogP contribution in [0, 0.1) is 29.5 Å². The molecule has 4 heterocycles. The lowest BCUT2D eigenvalue weighted by Gasteiger charge is -2.41. The first kappa shape index (κ1) is 52.9. The number of piperidine rings is 2. The largest absolute Gasteiger partial charge is 0.342 e. The molecule has 0 spiro atoms. The molecule has 2 aromatic carbocycles. The maximum atomic E-state index is 15.0. The first-order chi connectivity index (χ1) is 34.5. The summed E-state index contributed by atoms with van der Waals surface area (Å²) in [5.41, 5.74) is 5.21. The lowest BCUT2D eigenvalue weighted by molar-refractivity contribution is -0.137. The second-order valence-corrected chi connectivity index (χ2v) is 21.6. The minimum absolute atomic E-state index is 0.0206. The molecule has 392 valence electrons. The van der Waals surface area contributed by atoms with E-state index in [9.17, 15) is 37.5 Å². The maximum absolute atomic E-state index is 15.0. The Morgan fingerprint density at radius 2 is 1.43 bits per heavy atom. The number of likely N-dealkylation sites (tertiary alicyclic amines) is 2. The number of nitrogens with one attached hydrogen (secondary N) is 2. The molecule has 6 amide bonds. The molecule has 6 fully saturated rings. The van der Waals surface area contributed by atoms with Gasteiger partial charge in [0, 0.05) is 109 Å². The molecule has 0 bridgehead atoms. The summed E-state index contributed by atoms with van der Waals surface area (Å²) >= 11 is 0. The van der Waals surface area contributed by atoms with E-state index in [-0.39, 0.29) is 53.4 Å². The number of amides is 6. The molecule has 4 saturated heterocycles. The summed E-state index contributed by atoms with van der Waals surface area (Å²) in [5.74, 6) is -5.73. The van der Waals surface area contributed by atoms with Crippen LogP contribution in [-0.4, -0.2) is 174 Å². The standard InChI is InChI=1S/C54H74F3N9O6/c1-36(2)47(60-59-37(3)67)30-39-14-15-46(55)44(29-39)51(70)64-27-25-63(26-28-64)48(68)35-61-19-16-38(17-20-61)33-62-21-23-65(24-22-62)53(72)49(40-9-5-4-6-10-40)58-50(69)42-12-7-11-41(31-42)43-13-8-18-66(34-43)52(71)45-32-54(45,56)57/h7,11-12,14-15,29,31,36,38,40,43,45,49H,4-6,8-10,13,16-28,30,32-35H2,1-3H3,(H,58,69)(H,59,67)/b60-47-. The molecule has 18 heteroatoms. The Bertz CT molecular complexity index is 2320. The van der Waals surface area contributed by atoms with Gasteiger partial charge in [0.15, 0.2) is 0 Å². The lowest BCUT2D eigenvalue weighted by Crippen LogP contribution is -2.57.